The maximum absolute atomic E-state index is 13.6. The molecule has 0 fully saturated rings. The smallest absolute Gasteiger partial charge is 0.150 e. The zero-order valence-electron chi connectivity index (χ0n) is 12.1. The number of hydrogen-bond donors (Lipinski definition) is 0. The largest absolute Gasteiger partial charge is 0.491 e. The molecule has 0 N–H and O–H groups in total. The zero-order chi connectivity index (χ0) is 14.7. The Hall–Kier alpha value is -2.17. The molecule has 1 aromatic heterocycles. The Morgan fingerprint density at radius 2 is 1.85 bits per heavy atom. The average Bonchev–Trinajstić information content (AvgIpc) is 2.37. The predicted molar refractivity (Wildman–Crippen MR) is 77.5 cm³/mol. The molecule has 0 bridgehead atoms. The Kier molecular flexibility index (Phi) is 4.17. The summed E-state index contributed by atoms with van der Waals surface area (Å²) < 4.78 is 19.2. The van der Waals surface area contributed by atoms with Gasteiger partial charge < -0.3 is 9.64 Å². The van der Waals surface area contributed by atoms with Crippen LogP contribution in [-0.2, 0) is 0 Å². The summed E-state index contributed by atoms with van der Waals surface area (Å²) in [6.07, 6.45) is -0.00755. The van der Waals surface area contributed by atoms with E-state index in [0.717, 1.165) is 5.82 Å². The van der Waals surface area contributed by atoms with Gasteiger partial charge in [-0.05, 0) is 38.1 Å². The van der Waals surface area contributed by atoms with Gasteiger partial charge in [0, 0.05) is 25.7 Å². The van der Waals surface area contributed by atoms with Crippen molar-refractivity contribution >= 4 is 5.82 Å². The fourth-order valence-corrected chi connectivity index (χ4v) is 1.77. The van der Waals surface area contributed by atoms with Crippen LogP contribution < -0.4 is 9.64 Å². The maximum Gasteiger partial charge on any atom is 0.150 e. The number of benzene rings is 1. The minimum absolute atomic E-state index is 0.00755. The number of nitrogens with zero attached hydrogens (tertiary/aromatic N) is 3. The van der Waals surface area contributed by atoms with Crippen molar-refractivity contribution in [2.45, 2.75) is 20.0 Å². The lowest BCUT2D eigenvalue weighted by Crippen LogP contribution is -2.11. The molecule has 0 unspecified atom stereocenters. The fraction of sp³-hybridized carbons (Fsp3) is 0.333. The van der Waals surface area contributed by atoms with Crippen molar-refractivity contribution < 1.29 is 9.13 Å². The van der Waals surface area contributed by atoms with Crippen LogP contribution in [0.5, 0.6) is 5.75 Å². The molecule has 2 aromatic rings. The van der Waals surface area contributed by atoms with Crippen molar-refractivity contribution in [3.8, 4) is 17.0 Å². The Morgan fingerprint density at radius 3 is 2.40 bits per heavy atom. The van der Waals surface area contributed by atoms with Crippen LogP contribution in [0.25, 0.3) is 11.3 Å². The first-order chi connectivity index (χ1) is 9.45. The molecule has 1 aromatic carbocycles. The van der Waals surface area contributed by atoms with Gasteiger partial charge in [-0.25, -0.2) is 4.39 Å². The number of ether oxygens (including phenoxy) is 1. The van der Waals surface area contributed by atoms with E-state index in [2.05, 4.69) is 10.2 Å². The van der Waals surface area contributed by atoms with Gasteiger partial charge in [-0.1, -0.05) is 0 Å². The summed E-state index contributed by atoms with van der Waals surface area (Å²) in [4.78, 5) is 1.86. The van der Waals surface area contributed by atoms with Gasteiger partial charge in [-0.3, -0.25) is 0 Å². The van der Waals surface area contributed by atoms with E-state index in [1.165, 1.54) is 12.1 Å². The fourth-order valence-electron chi connectivity index (χ4n) is 1.77. The molecule has 4 nitrogen and oxygen atoms in total. The molecule has 0 saturated carbocycles. The Bertz CT molecular complexity index is 582. The lowest BCUT2D eigenvalue weighted by molar-refractivity contribution is 0.241. The summed E-state index contributed by atoms with van der Waals surface area (Å²) in [5.41, 5.74) is 1.27. The normalized spacial score (nSPS) is 10.7. The van der Waals surface area contributed by atoms with E-state index in [-0.39, 0.29) is 11.9 Å². The van der Waals surface area contributed by atoms with Gasteiger partial charge in [-0.15, -0.1) is 10.2 Å². The molecule has 0 saturated heterocycles. The lowest BCUT2D eigenvalue weighted by Gasteiger charge is -2.12. The highest BCUT2D eigenvalue weighted by Gasteiger charge is 2.08. The highest BCUT2D eigenvalue weighted by molar-refractivity contribution is 5.61. The van der Waals surface area contributed by atoms with E-state index in [1.54, 1.807) is 6.07 Å². The summed E-state index contributed by atoms with van der Waals surface area (Å²) in [6, 6.07) is 8.21. The van der Waals surface area contributed by atoms with E-state index < -0.39 is 0 Å². The van der Waals surface area contributed by atoms with E-state index in [0.29, 0.717) is 17.0 Å². The van der Waals surface area contributed by atoms with E-state index >= 15 is 0 Å². The summed E-state index contributed by atoms with van der Waals surface area (Å²) >= 11 is 0. The van der Waals surface area contributed by atoms with Gasteiger partial charge in [0.2, 0.25) is 0 Å². The van der Waals surface area contributed by atoms with Gasteiger partial charge in [0.15, 0.2) is 5.82 Å². The second-order valence-electron chi connectivity index (χ2n) is 5.01. The van der Waals surface area contributed by atoms with Crippen LogP contribution in [0.15, 0.2) is 30.3 Å². The van der Waals surface area contributed by atoms with Crippen LogP contribution in [0.3, 0.4) is 0 Å². The van der Waals surface area contributed by atoms with Crippen LogP contribution in [0.4, 0.5) is 10.2 Å². The highest BCUT2D eigenvalue weighted by atomic mass is 19.1. The monoisotopic (exact) mass is 275 g/mol. The molecular formula is C15H18FN3O. The van der Waals surface area contributed by atoms with Crippen LogP contribution >= 0.6 is 0 Å². The second kappa shape index (κ2) is 5.86. The van der Waals surface area contributed by atoms with Crippen LogP contribution in [0.1, 0.15) is 13.8 Å². The highest BCUT2D eigenvalue weighted by Crippen LogP contribution is 2.25. The Labute approximate surface area is 118 Å². The summed E-state index contributed by atoms with van der Waals surface area (Å²) in [5, 5.41) is 8.21. The molecule has 106 valence electrons. The van der Waals surface area contributed by atoms with Gasteiger partial charge >= 0.3 is 0 Å². The van der Waals surface area contributed by atoms with Crippen molar-refractivity contribution in [3.05, 3.63) is 36.1 Å². The zero-order valence-corrected chi connectivity index (χ0v) is 12.1. The molecule has 2 rings (SSSR count). The van der Waals surface area contributed by atoms with Gasteiger partial charge in [0.1, 0.15) is 11.6 Å². The molecule has 0 aliphatic carbocycles. The third-order valence-corrected chi connectivity index (χ3v) is 2.65. The van der Waals surface area contributed by atoms with Crippen LogP contribution in [-0.4, -0.2) is 30.4 Å². The molecular weight excluding hydrogens is 257 g/mol. The number of halogens is 1. The molecule has 5 heteroatoms. The lowest BCUT2D eigenvalue weighted by atomic mass is 10.1. The average molecular weight is 275 g/mol. The van der Waals surface area contributed by atoms with E-state index in [9.17, 15) is 4.39 Å². The van der Waals surface area contributed by atoms with Crippen molar-refractivity contribution in [1.82, 2.24) is 10.2 Å². The first kappa shape index (κ1) is 14.2. The van der Waals surface area contributed by atoms with Gasteiger partial charge in [0.25, 0.3) is 0 Å². The van der Waals surface area contributed by atoms with Crippen molar-refractivity contribution in [2.75, 3.05) is 19.0 Å². The van der Waals surface area contributed by atoms with E-state index in [1.807, 2.05) is 45.0 Å². The number of rotatable bonds is 4. The molecule has 0 spiro atoms. The van der Waals surface area contributed by atoms with Crippen molar-refractivity contribution in [1.29, 1.82) is 0 Å². The SMILES string of the molecule is CC(C)Oc1cc(F)cc(-c2ccc(N(C)C)nn2)c1. The standard InChI is InChI=1S/C15H18FN3O/c1-10(2)20-13-8-11(7-12(16)9-13)14-5-6-15(18-17-14)19(3)4/h5-10H,1-4H3. The third-order valence-electron chi connectivity index (χ3n) is 2.65. The quantitative estimate of drug-likeness (QED) is 0.859. The maximum atomic E-state index is 13.6. The molecule has 20 heavy (non-hydrogen) atoms. The van der Waals surface area contributed by atoms with Gasteiger partial charge in [-0.2, -0.15) is 0 Å². The number of aromatic nitrogens is 2. The molecule has 0 aliphatic rings. The number of anilines is 1. The molecule has 0 amide bonds. The topological polar surface area (TPSA) is 38.2 Å². The first-order valence-electron chi connectivity index (χ1n) is 6.44. The first-order valence-corrected chi connectivity index (χ1v) is 6.44. The molecule has 0 aliphatic heterocycles. The summed E-state index contributed by atoms with van der Waals surface area (Å²) in [7, 11) is 3.78. The Balaban J connectivity index is 2.34. The number of hydrogen-bond acceptors (Lipinski definition) is 4. The Morgan fingerprint density at radius 1 is 1.10 bits per heavy atom. The van der Waals surface area contributed by atoms with Crippen molar-refractivity contribution in [2.24, 2.45) is 0 Å². The van der Waals surface area contributed by atoms with Gasteiger partial charge in [0.05, 0.1) is 11.8 Å². The minimum Gasteiger partial charge on any atom is -0.491 e. The molecule has 0 atom stereocenters. The molecule has 0 radical (unpaired) electrons. The van der Waals surface area contributed by atoms with Crippen LogP contribution in [0.2, 0.25) is 0 Å². The summed E-state index contributed by atoms with van der Waals surface area (Å²) in [6.45, 7) is 3.80. The third kappa shape index (κ3) is 3.44. The van der Waals surface area contributed by atoms with Crippen molar-refractivity contribution in [3.63, 3.8) is 0 Å². The minimum atomic E-state index is -0.350. The summed E-state index contributed by atoms with van der Waals surface area (Å²) in [5.74, 6) is 0.897. The predicted octanol–water partition coefficient (Wildman–Crippen LogP) is 3.14. The van der Waals surface area contributed by atoms with E-state index in [4.69, 9.17) is 4.74 Å². The molecule has 1 heterocycles. The second-order valence-corrected chi connectivity index (χ2v) is 5.01. The van der Waals surface area contributed by atoms with Crippen LogP contribution in [0, 0.1) is 5.82 Å².